The van der Waals surface area contributed by atoms with Gasteiger partial charge >= 0.3 is 0 Å². The average molecular weight is 331 g/mol. The molecule has 4 rings (SSSR count). The number of halogens is 1. The lowest BCUT2D eigenvalue weighted by Gasteiger charge is -2.10. The molecule has 1 aliphatic rings. The maximum absolute atomic E-state index is 14.3. The minimum atomic E-state index is -3.47. The van der Waals surface area contributed by atoms with E-state index in [1.54, 1.807) is 24.5 Å². The van der Waals surface area contributed by atoms with Crippen molar-refractivity contribution in [2.24, 2.45) is 0 Å². The van der Waals surface area contributed by atoms with Crippen molar-refractivity contribution in [2.45, 2.75) is 18.1 Å². The molecule has 2 heterocycles. The number of fused-ring (bicyclic) bond motifs is 1. The van der Waals surface area contributed by atoms with E-state index in [1.165, 1.54) is 12.1 Å². The summed E-state index contributed by atoms with van der Waals surface area (Å²) in [5, 5.41) is 0.500. The summed E-state index contributed by atoms with van der Waals surface area (Å²) in [4.78, 5) is 7.21. The Labute approximate surface area is 132 Å². The predicted molar refractivity (Wildman–Crippen MR) is 87.1 cm³/mol. The van der Waals surface area contributed by atoms with E-state index in [4.69, 9.17) is 0 Å². The van der Waals surface area contributed by atoms with E-state index < -0.39 is 15.8 Å². The molecule has 1 aromatic carbocycles. The molecule has 5 nitrogen and oxygen atoms in total. The molecule has 3 aromatic rings. The van der Waals surface area contributed by atoms with Crippen molar-refractivity contribution in [3.63, 3.8) is 0 Å². The molecule has 2 N–H and O–H groups in total. The molecular weight excluding hydrogens is 317 g/mol. The lowest BCUT2D eigenvalue weighted by Crippen LogP contribution is -2.18. The van der Waals surface area contributed by atoms with Gasteiger partial charge in [-0.15, -0.1) is 0 Å². The molecule has 0 aliphatic heterocycles. The molecule has 7 heteroatoms. The Hall–Kier alpha value is -2.41. The van der Waals surface area contributed by atoms with Gasteiger partial charge in [-0.05, 0) is 48.2 Å². The van der Waals surface area contributed by atoms with E-state index in [0.29, 0.717) is 18.4 Å². The second kappa shape index (κ2) is 5.06. The largest absolute Gasteiger partial charge is 0.346 e. The summed E-state index contributed by atoms with van der Waals surface area (Å²) in [6.45, 7) is 0. The van der Waals surface area contributed by atoms with Crippen LogP contribution in [0.2, 0.25) is 0 Å². The summed E-state index contributed by atoms with van der Waals surface area (Å²) >= 11 is 0. The van der Waals surface area contributed by atoms with Crippen LogP contribution in [0.4, 0.5) is 10.1 Å². The molecule has 0 bridgehead atoms. The average Bonchev–Trinajstić information content (AvgIpc) is 3.28. The minimum Gasteiger partial charge on any atom is -0.346 e. The number of nitrogens with one attached hydrogen (secondary N) is 2. The number of hydrogen-bond acceptors (Lipinski definition) is 3. The van der Waals surface area contributed by atoms with Gasteiger partial charge in [0, 0.05) is 17.8 Å². The third-order valence-corrected chi connectivity index (χ3v) is 5.81. The van der Waals surface area contributed by atoms with Gasteiger partial charge in [-0.25, -0.2) is 17.8 Å². The van der Waals surface area contributed by atoms with Gasteiger partial charge in [0.15, 0.2) is 0 Å². The first-order valence-electron chi connectivity index (χ1n) is 7.28. The summed E-state index contributed by atoms with van der Waals surface area (Å²) in [6, 6.07) is 8.18. The molecule has 118 valence electrons. The fourth-order valence-electron chi connectivity index (χ4n) is 2.59. The monoisotopic (exact) mass is 331 g/mol. The van der Waals surface area contributed by atoms with Crippen molar-refractivity contribution in [1.29, 1.82) is 0 Å². The van der Waals surface area contributed by atoms with Crippen molar-refractivity contribution < 1.29 is 12.8 Å². The lowest BCUT2D eigenvalue weighted by molar-refractivity contribution is 0.597. The molecule has 1 saturated carbocycles. The van der Waals surface area contributed by atoms with E-state index in [0.717, 1.165) is 16.6 Å². The fraction of sp³-hybridized carbons (Fsp3) is 0.188. The first-order valence-corrected chi connectivity index (χ1v) is 8.83. The van der Waals surface area contributed by atoms with E-state index in [2.05, 4.69) is 14.7 Å². The molecule has 1 fully saturated rings. The van der Waals surface area contributed by atoms with Crippen LogP contribution in [0.25, 0.3) is 22.2 Å². The topological polar surface area (TPSA) is 74.8 Å². The maximum Gasteiger partial charge on any atom is 0.235 e. The van der Waals surface area contributed by atoms with Crippen LogP contribution >= 0.6 is 0 Å². The molecule has 0 atom stereocenters. The van der Waals surface area contributed by atoms with Crippen molar-refractivity contribution in [3.8, 4) is 11.1 Å². The summed E-state index contributed by atoms with van der Waals surface area (Å²) in [6.07, 6.45) is 4.69. The zero-order valence-electron chi connectivity index (χ0n) is 12.1. The number of rotatable bonds is 4. The zero-order chi connectivity index (χ0) is 16.0. The number of hydrogen-bond donors (Lipinski definition) is 2. The SMILES string of the molecule is O=S(=O)(Nc1ccc(-c2ccnc3[nH]ccc23)cc1F)C1CC1. The second-order valence-electron chi connectivity index (χ2n) is 5.64. The number of aromatic nitrogens is 2. The van der Waals surface area contributed by atoms with Gasteiger partial charge in [-0.1, -0.05) is 6.07 Å². The van der Waals surface area contributed by atoms with Crippen LogP contribution in [0, 0.1) is 5.82 Å². The smallest absolute Gasteiger partial charge is 0.235 e. The number of pyridine rings is 1. The van der Waals surface area contributed by atoms with Gasteiger partial charge in [0.05, 0.1) is 10.9 Å². The van der Waals surface area contributed by atoms with Gasteiger partial charge in [-0.2, -0.15) is 0 Å². The van der Waals surface area contributed by atoms with Crippen LogP contribution in [-0.2, 0) is 10.0 Å². The summed E-state index contributed by atoms with van der Waals surface area (Å²) < 4.78 is 40.5. The van der Waals surface area contributed by atoms with Crippen LogP contribution < -0.4 is 4.72 Å². The Kier molecular flexibility index (Phi) is 3.12. The Morgan fingerprint density at radius 2 is 2.04 bits per heavy atom. The van der Waals surface area contributed by atoms with Crippen LogP contribution in [0.1, 0.15) is 12.8 Å². The quantitative estimate of drug-likeness (QED) is 0.770. The van der Waals surface area contributed by atoms with Crippen LogP contribution in [0.5, 0.6) is 0 Å². The third-order valence-electron chi connectivity index (χ3n) is 3.96. The van der Waals surface area contributed by atoms with Crippen molar-refractivity contribution >= 4 is 26.7 Å². The van der Waals surface area contributed by atoms with E-state index >= 15 is 0 Å². The molecule has 23 heavy (non-hydrogen) atoms. The van der Waals surface area contributed by atoms with Crippen LogP contribution in [0.15, 0.2) is 42.7 Å². The Bertz CT molecular complexity index is 993. The minimum absolute atomic E-state index is 0.0139. The highest BCUT2D eigenvalue weighted by Crippen LogP contribution is 2.32. The third kappa shape index (κ3) is 2.57. The Morgan fingerprint density at radius 3 is 2.78 bits per heavy atom. The molecule has 0 spiro atoms. The summed E-state index contributed by atoms with van der Waals surface area (Å²) in [5.74, 6) is -0.591. The normalized spacial score (nSPS) is 15.0. The van der Waals surface area contributed by atoms with Crippen LogP contribution in [-0.4, -0.2) is 23.6 Å². The van der Waals surface area contributed by atoms with E-state index in [-0.39, 0.29) is 10.9 Å². The van der Waals surface area contributed by atoms with Gasteiger partial charge in [0.25, 0.3) is 0 Å². The van der Waals surface area contributed by atoms with Crippen molar-refractivity contribution in [3.05, 3.63) is 48.5 Å². The molecule has 0 unspecified atom stereocenters. The fourth-order valence-corrected chi connectivity index (χ4v) is 3.99. The van der Waals surface area contributed by atoms with Crippen molar-refractivity contribution in [1.82, 2.24) is 9.97 Å². The predicted octanol–water partition coefficient (Wildman–Crippen LogP) is 3.27. The number of nitrogens with zero attached hydrogens (tertiary/aromatic N) is 1. The van der Waals surface area contributed by atoms with Gasteiger partial charge < -0.3 is 4.98 Å². The number of anilines is 1. The second-order valence-corrected chi connectivity index (χ2v) is 7.60. The molecule has 0 radical (unpaired) electrons. The van der Waals surface area contributed by atoms with E-state index in [9.17, 15) is 12.8 Å². The summed E-state index contributed by atoms with van der Waals surface area (Å²) in [5.41, 5.74) is 2.22. The summed E-state index contributed by atoms with van der Waals surface area (Å²) in [7, 11) is -3.47. The molecular formula is C16H14FN3O2S. The first-order chi connectivity index (χ1) is 11.0. The number of H-pyrrole nitrogens is 1. The number of sulfonamides is 1. The van der Waals surface area contributed by atoms with Gasteiger partial charge in [-0.3, -0.25) is 4.72 Å². The Morgan fingerprint density at radius 1 is 1.22 bits per heavy atom. The van der Waals surface area contributed by atoms with Gasteiger partial charge in [0.2, 0.25) is 10.0 Å². The Balaban J connectivity index is 1.72. The molecule has 0 amide bonds. The number of benzene rings is 1. The maximum atomic E-state index is 14.3. The zero-order valence-corrected chi connectivity index (χ0v) is 12.9. The lowest BCUT2D eigenvalue weighted by atomic mass is 10.0. The van der Waals surface area contributed by atoms with Crippen LogP contribution in [0.3, 0.4) is 0 Å². The highest BCUT2D eigenvalue weighted by atomic mass is 32.2. The molecule has 1 aliphatic carbocycles. The van der Waals surface area contributed by atoms with E-state index in [1.807, 2.05) is 6.07 Å². The van der Waals surface area contributed by atoms with Crippen molar-refractivity contribution in [2.75, 3.05) is 4.72 Å². The number of aromatic amines is 1. The van der Waals surface area contributed by atoms with Gasteiger partial charge in [0.1, 0.15) is 11.5 Å². The highest BCUT2D eigenvalue weighted by Gasteiger charge is 2.36. The molecule has 0 saturated heterocycles. The molecule has 2 aromatic heterocycles. The highest BCUT2D eigenvalue weighted by molar-refractivity contribution is 7.93. The first kappa shape index (κ1) is 14.2. The standard InChI is InChI=1S/C16H14FN3O2S/c17-14-9-10(12-5-7-18-16-13(12)6-8-19-16)1-4-15(14)20-23(21,22)11-2-3-11/h1,4-9,11,20H,2-3H2,(H,18,19).